The summed E-state index contributed by atoms with van der Waals surface area (Å²) >= 11 is 0. The first-order chi connectivity index (χ1) is 12.6. The fourth-order valence-corrected chi connectivity index (χ4v) is 4.85. The number of nitrogens with zero attached hydrogens (tertiary/aromatic N) is 3. The Labute approximate surface area is 151 Å². The largest absolute Gasteiger partial charge is 0.373 e. The highest BCUT2D eigenvalue weighted by Crippen LogP contribution is 2.50. The highest BCUT2D eigenvalue weighted by molar-refractivity contribution is 6.23. The lowest BCUT2D eigenvalue weighted by Crippen LogP contribution is -2.35. The van der Waals surface area contributed by atoms with Crippen LogP contribution in [-0.2, 0) is 20.9 Å². The van der Waals surface area contributed by atoms with Crippen LogP contribution >= 0.6 is 0 Å². The maximum Gasteiger partial charge on any atom is 0.240 e. The molecule has 3 saturated heterocycles. The number of hydrogen-bond acceptors (Lipinski definition) is 4. The Morgan fingerprint density at radius 1 is 1.04 bits per heavy atom. The van der Waals surface area contributed by atoms with Crippen molar-refractivity contribution in [2.45, 2.75) is 45.4 Å². The molecule has 6 heteroatoms. The number of carbonyl (C=O) groups excluding carboxylic acids is 2. The zero-order chi connectivity index (χ0) is 18.0. The van der Waals surface area contributed by atoms with E-state index in [9.17, 15) is 9.59 Å². The molecule has 4 heterocycles. The first kappa shape index (κ1) is 15.8. The molecule has 2 aromatic rings. The molecule has 0 radical (unpaired) electrons. The molecule has 3 fully saturated rings. The summed E-state index contributed by atoms with van der Waals surface area (Å²) in [6.07, 6.45) is 1.58. The lowest BCUT2D eigenvalue weighted by molar-refractivity contribution is -0.124. The summed E-state index contributed by atoms with van der Waals surface area (Å²) in [5.41, 5.74) is 3.35. The molecule has 5 rings (SSSR count). The van der Waals surface area contributed by atoms with Gasteiger partial charge in [0.15, 0.2) is 0 Å². The van der Waals surface area contributed by atoms with Crippen molar-refractivity contribution in [1.29, 1.82) is 0 Å². The van der Waals surface area contributed by atoms with E-state index in [0.717, 1.165) is 24.1 Å². The number of benzene rings is 1. The van der Waals surface area contributed by atoms with Crippen LogP contribution in [0.1, 0.15) is 29.8 Å². The van der Waals surface area contributed by atoms with E-state index in [-0.39, 0.29) is 35.9 Å². The summed E-state index contributed by atoms with van der Waals surface area (Å²) in [5, 5.41) is 4.61. The van der Waals surface area contributed by atoms with E-state index in [2.05, 4.69) is 5.10 Å². The van der Waals surface area contributed by atoms with E-state index < -0.39 is 0 Å². The maximum absolute atomic E-state index is 13.0. The second kappa shape index (κ2) is 5.51. The van der Waals surface area contributed by atoms with Crippen LogP contribution < -0.4 is 4.90 Å². The van der Waals surface area contributed by atoms with Gasteiger partial charge in [-0.05, 0) is 32.3 Å². The van der Waals surface area contributed by atoms with Crippen molar-refractivity contribution in [3.05, 3.63) is 47.3 Å². The first-order valence-corrected chi connectivity index (χ1v) is 9.17. The van der Waals surface area contributed by atoms with Crippen molar-refractivity contribution in [1.82, 2.24) is 9.78 Å². The zero-order valence-corrected chi connectivity index (χ0v) is 14.9. The van der Waals surface area contributed by atoms with Gasteiger partial charge in [0.2, 0.25) is 11.8 Å². The Morgan fingerprint density at radius 3 is 2.27 bits per heavy atom. The van der Waals surface area contributed by atoms with Gasteiger partial charge in [0.05, 0.1) is 47.7 Å². The Kier molecular flexibility index (Phi) is 3.34. The third kappa shape index (κ3) is 2.05. The van der Waals surface area contributed by atoms with Gasteiger partial charge in [0.25, 0.3) is 0 Å². The highest BCUT2D eigenvalue weighted by atomic mass is 16.5. The smallest absolute Gasteiger partial charge is 0.240 e. The number of hydrogen-bond donors (Lipinski definition) is 0. The zero-order valence-electron chi connectivity index (χ0n) is 14.9. The molecule has 3 aliphatic heterocycles. The van der Waals surface area contributed by atoms with Crippen LogP contribution in [0.4, 0.5) is 5.69 Å². The van der Waals surface area contributed by atoms with E-state index >= 15 is 0 Å². The average molecular weight is 351 g/mol. The van der Waals surface area contributed by atoms with Gasteiger partial charge >= 0.3 is 0 Å². The number of carbonyl (C=O) groups is 2. The number of aryl methyl sites for hydroxylation is 1. The molecule has 3 aliphatic rings. The molecule has 0 saturated carbocycles. The van der Waals surface area contributed by atoms with Gasteiger partial charge in [-0.15, -0.1) is 0 Å². The molecule has 2 bridgehead atoms. The van der Waals surface area contributed by atoms with Crippen molar-refractivity contribution < 1.29 is 14.3 Å². The predicted octanol–water partition coefficient (Wildman–Crippen LogP) is 2.22. The predicted molar refractivity (Wildman–Crippen MR) is 94.6 cm³/mol. The Hall–Kier alpha value is -2.47. The van der Waals surface area contributed by atoms with Crippen molar-refractivity contribution in [2.24, 2.45) is 11.8 Å². The molecule has 0 unspecified atom stereocenters. The van der Waals surface area contributed by atoms with Gasteiger partial charge in [-0.3, -0.25) is 14.3 Å². The minimum absolute atomic E-state index is 0.0913. The fraction of sp³-hybridized carbons (Fsp3) is 0.450. The lowest BCUT2D eigenvalue weighted by Gasteiger charge is -2.18. The van der Waals surface area contributed by atoms with Crippen LogP contribution in [0, 0.1) is 25.7 Å². The quantitative estimate of drug-likeness (QED) is 0.796. The molecule has 1 aromatic carbocycles. The Morgan fingerprint density at radius 2 is 1.65 bits per heavy atom. The molecule has 4 atom stereocenters. The highest BCUT2D eigenvalue weighted by Gasteiger charge is 2.63. The molecule has 1 aromatic heterocycles. The molecule has 134 valence electrons. The minimum Gasteiger partial charge on any atom is -0.373 e. The SMILES string of the molecule is Cc1nn(Cc2ccccc2)c(C)c1N1C(=O)[C@@H]2[C@@H](C1=O)[C@H]1CC[C@@H]2O1. The second-order valence-corrected chi connectivity index (χ2v) is 7.52. The summed E-state index contributed by atoms with van der Waals surface area (Å²) in [4.78, 5) is 27.5. The van der Waals surface area contributed by atoms with Gasteiger partial charge in [-0.25, -0.2) is 4.90 Å². The van der Waals surface area contributed by atoms with Crippen molar-refractivity contribution in [2.75, 3.05) is 4.90 Å². The maximum atomic E-state index is 13.0. The van der Waals surface area contributed by atoms with Crippen LogP contribution in [0.15, 0.2) is 30.3 Å². The van der Waals surface area contributed by atoms with Crippen LogP contribution in [-0.4, -0.2) is 33.8 Å². The molecular weight excluding hydrogens is 330 g/mol. The summed E-state index contributed by atoms with van der Waals surface area (Å²) in [6.45, 7) is 4.41. The Balaban J connectivity index is 1.51. The number of rotatable bonds is 3. The average Bonchev–Trinajstić information content (AvgIpc) is 3.36. The van der Waals surface area contributed by atoms with Gasteiger partial charge < -0.3 is 4.74 Å². The molecule has 0 spiro atoms. The lowest BCUT2D eigenvalue weighted by atomic mass is 9.81. The molecule has 2 amide bonds. The number of aromatic nitrogens is 2. The van der Waals surface area contributed by atoms with E-state index in [1.807, 2.05) is 48.9 Å². The molecule has 0 aliphatic carbocycles. The summed E-state index contributed by atoms with van der Waals surface area (Å²) in [7, 11) is 0. The molecular formula is C20H21N3O3. The van der Waals surface area contributed by atoms with Crippen molar-refractivity contribution >= 4 is 17.5 Å². The first-order valence-electron chi connectivity index (χ1n) is 9.17. The second-order valence-electron chi connectivity index (χ2n) is 7.52. The third-order valence-corrected chi connectivity index (χ3v) is 6.03. The van der Waals surface area contributed by atoms with E-state index in [0.29, 0.717) is 17.9 Å². The van der Waals surface area contributed by atoms with Crippen LogP contribution in [0.2, 0.25) is 0 Å². The van der Waals surface area contributed by atoms with Crippen molar-refractivity contribution in [3.63, 3.8) is 0 Å². The minimum atomic E-state index is -0.308. The van der Waals surface area contributed by atoms with Gasteiger partial charge in [0.1, 0.15) is 0 Å². The van der Waals surface area contributed by atoms with Crippen LogP contribution in [0.3, 0.4) is 0 Å². The number of amides is 2. The molecule has 6 nitrogen and oxygen atoms in total. The van der Waals surface area contributed by atoms with Gasteiger partial charge in [-0.2, -0.15) is 5.10 Å². The number of fused-ring (bicyclic) bond motifs is 5. The number of anilines is 1. The summed E-state index contributed by atoms with van der Waals surface area (Å²) < 4.78 is 7.69. The summed E-state index contributed by atoms with van der Waals surface area (Å²) in [5.74, 6) is -0.842. The normalized spacial score (nSPS) is 29.7. The van der Waals surface area contributed by atoms with E-state index in [1.54, 1.807) is 0 Å². The third-order valence-electron chi connectivity index (χ3n) is 6.03. The fourth-order valence-electron chi connectivity index (χ4n) is 4.85. The number of ether oxygens (including phenoxy) is 1. The van der Waals surface area contributed by atoms with Crippen LogP contribution in [0.5, 0.6) is 0 Å². The van der Waals surface area contributed by atoms with Gasteiger partial charge in [0, 0.05) is 0 Å². The molecule has 0 N–H and O–H groups in total. The van der Waals surface area contributed by atoms with Gasteiger partial charge in [-0.1, -0.05) is 30.3 Å². The summed E-state index contributed by atoms with van der Waals surface area (Å²) in [6, 6.07) is 10.1. The van der Waals surface area contributed by atoms with E-state index in [4.69, 9.17) is 4.74 Å². The van der Waals surface area contributed by atoms with Crippen molar-refractivity contribution in [3.8, 4) is 0 Å². The topological polar surface area (TPSA) is 64.4 Å². The molecule has 26 heavy (non-hydrogen) atoms. The Bertz CT molecular complexity index is 877. The van der Waals surface area contributed by atoms with E-state index in [1.165, 1.54) is 4.90 Å². The monoisotopic (exact) mass is 351 g/mol. The van der Waals surface area contributed by atoms with Crippen LogP contribution in [0.25, 0.3) is 0 Å². The number of imide groups is 1. The standard InChI is InChI=1S/C20H21N3O3/c1-11-18(12(2)22(21-11)10-13-6-4-3-5-7-13)23-19(24)16-14-8-9-15(26-14)17(16)20(23)25/h3-7,14-17H,8-10H2,1-2H3/t14-,15+,16-,17-/m0/s1.